The molecule has 1 fully saturated rings. The van der Waals surface area contributed by atoms with Crippen molar-refractivity contribution in [2.45, 2.75) is 71.9 Å². The van der Waals surface area contributed by atoms with E-state index in [0.717, 1.165) is 41.6 Å². The van der Waals surface area contributed by atoms with Gasteiger partial charge >= 0.3 is 5.97 Å². The first kappa shape index (κ1) is 23.4. The van der Waals surface area contributed by atoms with Crippen molar-refractivity contribution in [3.63, 3.8) is 0 Å². The summed E-state index contributed by atoms with van der Waals surface area (Å²) < 4.78 is 4.97. The van der Waals surface area contributed by atoms with Gasteiger partial charge in [0.05, 0.1) is 11.5 Å². The van der Waals surface area contributed by atoms with E-state index in [1.165, 1.54) is 18.2 Å². The summed E-state index contributed by atoms with van der Waals surface area (Å²) in [6.45, 7) is 13.4. The summed E-state index contributed by atoms with van der Waals surface area (Å²) in [5.41, 5.74) is 3.49. The van der Waals surface area contributed by atoms with Crippen LogP contribution in [0.4, 0.5) is 10.5 Å². The number of amides is 2. The van der Waals surface area contributed by atoms with Crippen LogP contribution in [0.25, 0.3) is 6.08 Å². The molecule has 2 unspecified atom stereocenters. The molecule has 3 rings (SSSR count). The second-order valence-corrected chi connectivity index (χ2v) is 9.86. The van der Waals surface area contributed by atoms with Gasteiger partial charge in [-0.25, -0.2) is 4.79 Å². The highest BCUT2D eigenvalue weighted by Crippen LogP contribution is 2.44. The number of esters is 1. The molecule has 0 aliphatic carbocycles. The number of rotatable bonds is 6. The number of hydrogen-bond donors (Lipinski definition) is 0. The number of benzene rings is 1. The van der Waals surface area contributed by atoms with Crippen LogP contribution in [-0.2, 0) is 14.3 Å². The molecule has 31 heavy (non-hydrogen) atoms. The fourth-order valence-corrected chi connectivity index (χ4v) is 5.49. The van der Waals surface area contributed by atoms with Crippen LogP contribution >= 0.6 is 11.8 Å². The van der Waals surface area contributed by atoms with E-state index in [1.807, 2.05) is 6.07 Å². The van der Waals surface area contributed by atoms with Gasteiger partial charge in [0, 0.05) is 17.8 Å². The number of fused-ring (bicyclic) bond motifs is 1. The summed E-state index contributed by atoms with van der Waals surface area (Å²) in [6, 6.07) is 5.31. The van der Waals surface area contributed by atoms with E-state index in [-0.39, 0.29) is 12.1 Å². The molecule has 0 aromatic heterocycles. The molecule has 1 saturated heterocycles. The Morgan fingerprint density at radius 2 is 2.03 bits per heavy atom. The van der Waals surface area contributed by atoms with Crippen LogP contribution in [-0.4, -0.2) is 46.7 Å². The molecular formula is C24H32N2O4S. The lowest BCUT2D eigenvalue weighted by Crippen LogP contribution is -2.48. The molecule has 2 heterocycles. The number of imide groups is 1. The predicted molar refractivity (Wildman–Crippen MR) is 125 cm³/mol. The number of ether oxygens (including phenoxy) is 1. The van der Waals surface area contributed by atoms with Gasteiger partial charge in [0.15, 0.2) is 0 Å². The van der Waals surface area contributed by atoms with E-state index in [1.54, 1.807) is 13.0 Å². The number of carbonyl (C=O) groups excluding carboxylic acids is 3. The largest absolute Gasteiger partial charge is 0.464 e. The Morgan fingerprint density at radius 3 is 2.68 bits per heavy atom. The fraction of sp³-hybridized carbons (Fsp3) is 0.542. The molecular weight excluding hydrogens is 412 g/mol. The van der Waals surface area contributed by atoms with Crippen LogP contribution in [0, 0.1) is 0 Å². The molecule has 168 valence electrons. The second kappa shape index (κ2) is 9.07. The molecule has 0 saturated carbocycles. The number of hydrogen-bond acceptors (Lipinski definition) is 6. The molecule has 1 aromatic rings. The van der Waals surface area contributed by atoms with Gasteiger partial charge in [-0.15, -0.1) is 0 Å². The first-order valence-electron chi connectivity index (χ1n) is 11.0. The third-order valence-corrected chi connectivity index (χ3v) is 6.88. The molecule has 2 aliphatic rings. The Labute approximate surface area is 189 Å². The summed E-state index contributed by atoms with van der Waals surface area (Å²) >= 11 is 0.867. The third kappa shape index (κ3) is 4.52. The highest BCUT2D eigenvalue weighted by Gasteiger charge is 2.41. The molecule has 2 aliphatic heterocycles. The number of nitrogens with zero attached hydrogens (tertiary/aromatic N) is 2. The van der Waals surface area contributed by atoms with Crippen LogP contribution in [0.3, 0.4) is 0 Å². The van der Waals surface area contributed by atoms with Gasteiger partial charge < -0.3 is 9.64 Å². The molecule has 0 N–H and O–H groups in total. The van der Waals surface area contributed by atoms with Crippen molar-refractivity contribution in [1.29, 1.82) is 0 Å². The molecule has 0 bridgehead atoms. The van der Waals surface area contributed by atoms with Crippen molar-refractivity contribution >= 4 is 40.6 Å². The lowest BCUT2D eigenvalue weighted by molar-refractivity contribution is -0.150. The van der Waals surface area contributed by atoms with Crippen molar-refractivity contribution in [2.24, 2.45) is 0 Å². The zero-order valence-corrected chi connectivity index (χ0v) is 20.0. The van der Waals surface area contributed by atoms with Crippen LogP contribution in [0.5, 0.6) is 0 Å². The van der Waals surface area contributed by atoms with Crippen LogP contribution in [0.1, 0.15) is 71.4 Å². The minimum Gasteiger partial charge on any atom is -0.464 e. The van der Waals surface area contributed by atoms with Gasteiger partial charge in [-0.3, -0.25) is 14.5 Å². The third-order valence-electron chi connectivity index (χ3n) is 5.99. The maximum Gasteiger partial charge on any atom is 0.329 e. The first-order chi connectivity index (χ1) is 14.6. The lowest BCUT2D eigenvalue weighted by atomic mass is 9.79. The quantitative estimate of drug-likeness (QED) is 0.445. The van der Waals surface area contributed by atoms with Crippen molar-refractivity contribution in [2.75, 3.05) is 18.1 Å². The van der Waals surface area contributed by atoms with Crippen LogP contribution < -0.4 is 4.90 Å². The summed E-state index contributed by atoms with van der Waals surface area (Å²) in [7, 11) is 0. The monoisotopic (exact) mass is 444 g/mol. The summed E-state index contributed by atoms with van der Waals surface area (Å²) in [6.07, 6.45) is 3.88. The normalized spacial score (nSPS) is 22.6. The SMILES string of the molecule is CCCN1c2ccc(/C=C3\SC(=O)N(C(C)C(=O)OCC)C3=O)cc2C(C)CC1(C)C. The standard InChI is InChI=1S/C24H32N2O4S/c1-7-11-25-19-10-9-17(12-18(19)15(3)14-24(25,5)6)13-20-21(27)26(23(29)31-20)16(4)22(28)30-8-2/h9-10,12-13,15-16H,7-8,11,14H2,1-6H3/b20-13-. The highest BCUT2D eigenvalue weighted by molar-refractivity contribution is 8.18. The Balaban J connectivity index is 1.90. The van der Waals surface area contributed by atoms with E-state index < -0.39 is 23.2 Å². The molecule has 6 nitrogen and oxygen atoms in total. The molecule has 2 amide bonds. The van der Waals surface area contributed by atoms with E-state index >= 15 is 0 Å². The Morgan fingerprint density at radius 1 is 1.32 bits per heavy atom. The molecule has 1 aromatic carbocycles. The number of carbonyl (C=O) groups is 3. The first-order valence-corrected chi connectivity index (χ1v) is 11.8. The summed E-state index contributed by atoms with van der Waals surface area (Å²) in [4.78, 5) is 41.1. The molecule has 7 heteroatoms. The summed E-state index contributed by atoms with van der Waals surface area (Å²) in [5.74, 6) is -0.632. The average molecular weight is 445 g/mol. The molecule has 0 spiro atoms. The minimum absolute atomic E-state index is 0.0931. The van der Waals surface area contributed by atoms with Crippen molar-refractivity contribution in [3.8, 4) is 0 Å². The van der Waals surface area contributed by atoms with Crippen molar-refractivity contribution in [1.82, 2.24) is 4.90 Å². The fourth-order valence-electron chi connectivity index (χ4n) is 4.58. The van der Waals surface area contributed by atoms with Gasteiger partial charge in [0.2, 0.25) is 0 Å². The van der Waals surface area contributed by atoms with Gasteiger partial charge in [-0.2, -0.15) is 0 Å². The predicted octanol–water partition coefficient (Wildman–Crippen LogP) is 5.18. The topological polar surface area (TPSA) is 66.9 Å². The van der Waals surface area contributed by atoms with E-state index in [2.05, 4.69) is 44.7 Å². The minimum atomic E-state index is -0.938. The summed E-state index contributed by atoms with van der Waals surface area (Å²) in [5, 5.41) is -0.445. The van der Waals surface area contributed by atoms with E-state index in [9.17, 15) is 14.4 Å². The average Bonchev–Trinajstić information content (AvgIpc) is 2.97. The smallest absolute Gasteiger partial charge is 0.329 e. The van der Waals surface area contributed by atoms with Gasteiger partial charge in [0.1, 0.15) is 6.04 Å². The van der Waals surface area contributed by atoms with Gasteiger partial charge in [-0.05, 0) is 87.6 Å². The highest BCUT2D eigenvalue weighted by atomic mass is 32.2. The van der Waals surface area contributed by atoms with Gasteiger partial charge in [0.25, 0.3) is 11.1 Å². The van der Waals surface area contributed by atoms with E-state index in [4.69, 9.17) is 4.74 Å². The second-order valence-electron chi connectivity index (χ2n) is 8.87. The zero-order valence-electron chi connectivity index (χ0n) is 19.2. The Bertz CT molecular complexity index is 924. The van der Waals surface area contributed by atoms with Crippen molar-refractivity contribution in [3.05, 3.63) is 34.2 Å². The number of anilines is 1. The van der Waals surface area contributed by atoms with Gasteiger partial charge in [-0.1, -0.05) is 19.9 Å². The Kier molecular flexibility index (Phi) is 6.84. The van der Waals surface area contributed by atoms with Crippen molar-refractivity contribution < 1.29 is 19.1 Å². The zero-order chi connectivity index (χ0) is 22.9. The van der Waals surface area contributed by atoms with E-state index in [0.29, 0.717) is 10.8 Å². The Hall–Kier alpha value is -2.28. The molecule has 2 atom stereocenters. The lowest BCUT2D eigenvalue weighted by Gasteiger charge is -2.47. The maximum atomic E-state index is 12.8. The molecule has 0 radical (unpaired) electrons. The number of thioether (sulfide) groups is 1. The van der Waals surface area contributed by atoms with Crippen LogP contribution in [0.2, 0.25) is 0 Å². The maximum absolute atomic E-state index is 12.8. The van der Waals surface area contributed by atoms with Crippen LogP contribution in [0.15, 0.2) is 23.1 Å².